The first-order valence-corrected chi connectivity index (χ1v) is 15.5. The van der Waals surface area contributed by atoms with Crippen LogP contribution in [0.15, 0.2) is 95.9 Å². The normalized spacial score (nSPS) is 12.1. The predicted molar refractivity (Wildman–Crippen MR) is 165 cm³/mol. The van der Waals surface area contributed by atoms with E-state index >= 15 is 0 Å². The van der Waals surface area contributed by atoms with E-state index in [1.807, 2.05) is 48.5 Å². The third kappa shape index (κ3) is 6.66. The van der Waals surface area contributed by atoms with Gasteiger partial charge in [-0.2, -0.15) is 0 Å². The first-order chi connectivity index (χ1) is 21.2. The van der Waals surface area contributed by atoms with E-state index in [4.69, 9.17) is 16.3 Å². The number of halogens is 1. The highest BCUT2D eigenvalue weighted by Crippen LogP contribution is 2.44. The molecule has 0 aromatic heterocycles. The summed E-state index contributed by atoms with van der Waals surface area (Å²) >= 11 is 5.75. The SMILES string of the molecule is O=C(NCCNC(=O)c1ccc(S(=O)(=O)Nc2ccc(CCl)cc2)c([N+](=O)[O-])c1)OCC1c2ccccc2-c2ccccc21. The Labute approximate surface area is 258 Å². The van der Waals surface area contributed by atoms with Gasteiger partial charge in [-0.25, -0.2) is 13.2 Å². The summed E-state index contributed by atoms with van der Waals surface area (Å²) in [5.41, 5.74) is 4.46. The van der Waals surface area contributed by atoms with E-state index in [9.17, 15) is 28.1 Å². The van der Waals surface area contributed by atoms with E-state index < -0.39 is 37.5 Å². The van der Waals surface area contributed by atoms with E-state index in [1.54, 1.807) is 12.1 Å². The number of nitro groups is 1. The van der Waals surface area contributed by atoms with Crippen LogP contribution in [0.5, 0.6) is 0 Å². The molecule has 0 bridgehead atoms. The van der Waals surface area contributed by atoms with Crippen molar-refractivity contribution in [3.8, 4) is 11.1 Å². The molecular weight excluding hydrogens is 608 g/mol. The van der Waals surface area contributed by atoms with Gasteiger partial charge in [-0.3, -0.25) is 19.6 Å². The molecular formula is C31H27ClN4O7S. The zero-order valence-electron chi connectivity index (χ0n) is 23.2. The van der Waals surface area contributed by atoms with E-state index in [0.717, 1.165) is 39.9 Å². The van der Waals surface area contributed by atoms with Crippen LogP contribution < -0.4 is 15.4 Å². The largest absolute Gasteiger partial charge is 0.449 e. The lowest BCUT2D eigenvalue weighted by atomic mass is 9.98. The van der Waals surface area contributed by atoms with Gasteiger partial charge in [-0.05, 0) is 52.1 Å². The number of rotatable bonds is 11. The molecule has 0 heterocycles. The van der Waals surface area contributed by atoms with Crippen molar-refractivity contribution >= 4 is 45.0 Å². The van der Waals surface area contributed by atoms with Crippen molar-refractivity contribution in [1.29, 1.82) is 0 Å². The number of ether oxygens (including phenoxy) is 1. The van der Waals surface area contributed by atoms with Gasteiger partial charge in [0.2, 0.25) is 0 Å². The van der Waals surface area contributed by atoms with Crippen LogP contribution in [0, 0.1) is 10.1 Å². The van der Waals surface area contributed by atoms with Gasteiger partial charge in [0.05, 0.1) is 4.92 Å². The van der Waals surface area contributed by atoms with E-state index in [1.165, 1.54) is 18.2 Å². The molecule has 0 saturated carbocycles. The molecule has 0 saturated heterocycles. The molecule has 1 aliphatic carbocycles. The summed E-state index contributed by atoms with van der Waals surface area (Å²) in [7, 11) is -4.34. The maximum atomic E-state index is 12.9. The van der Waals surface area contributed by atoms with Crippen molar-refractivity contribution < 1.29 is 27.7 Å². The molecule has 3 N–H and O–H groups in total. The molecule has 4 aromatic rings. The van der Waals surface area contributed by atoms with Gasteiger partial charge in [0.1, 0.15) is 6.61 Å². The summed E-state index contributed by atoms with van der Waals surface area (Å²) in [6, 6.07) is 25.2. The zero-order valence-corrected chi connectivity index (χ0v) is 24.7. The van der Waals surface area contributed by atoms with E-state index in [2.05, 4.69) is 15.4 Å². The fourth-order valence-electron chi connectivity index (χ4n) is 4.99. The van der Waals surface area contributed by atoms with E-state index in [-0.39, 0.29) is 42.7 Å². The van der Waals surface area contributed by atoms with Crippen molar-refractivity contribution in [1.82, 2.24) is 10.6 Å². The number of benzene rings is 4. The molecule has 4 aromatic carbocycles. The minimum atomic E-state index is -4.34. The first-order valence-electron chi connectivity index (χ1n) is 13.5. The number of nitrogens with zero attached hydrogens (tertiary/aromatic N) is 1. The Hall–Kier alpha value is -4.94. The van der Waals surface area contributed by atoms with Crippen molar-refractivity contribution in [3.05, 3.63) is 123 Å². The number of amides is 2. The lowest BCUT2D eigenvalue weighted by molar-refractivity contribution is -0.387. The van der Waals surface area contributed by atoms with Crippen LogP contribution >= 0.6 is 11.6 Å². The topological polar surface area (TPSA) is 157 Å². The van der Waals surface area contributed by atoms with Crippen molar-refractivity contribution in [2.45, 2.75) is 16.7 Å². The third-order valence-corrected chi connectivity index (χ3v) is 8.83. The Morgan fingerprint density at radius 1 is 0.864 bits per heavy atom. The van der Waals surface area contributed by atoms with Crippen LogP contribution in [0.3, 0.4) is 0 Å². The quantitative estimate of drug-likeness (QED) is 0.0862. The second-order valence-electron chi connectivity index (χ2n) is 9.88. The molecule has 2 amide bonds. The molecule has 44 heavy (non-hydrogen) atoms. The van der Waals surface area contributed by atoms with Crippen LogP contribution in [-0.4, -0.2) is 45.0 Å². The van der Waals surface area contributed by atoms with Gasteiger partial charge in [0.15, 0.2) is 4.90 Å². The molecule has 226 valence electrons. The molecule has 0 spiro atoms. The highest BCUT2D eigenvalue weighted by atomic mass is 35.5. The standard InChI is InChI=1S/C31H27ClN4O7S/c32-18-20-9-12-22(13-10-20)35-44(41,42)29-14-11-21(17-28(29)36(39)40)30(37)33-15-16-34-31(38)43-19-27-25-7-3-1-5-23(25)24-6-2-4-8-26(24)27/h1-14,17,27,35H,15-16,18-19H2,(H,33,37)(H,34,38). The monoisotopic (exact) mass is 634 g/mol. The fourth-order valence-corrected chi connectivity index (χ4v) is 6.38. The van der Waals surface area contributed by atoms with Crippen molar-refractivity contribution in [2.75, 3.05) is 24.4 Å². The molecule has 0 unspecified atom stereocenters. The highest BCUT2D eigenvalue weighted by molar-refractivity contribution is 7.92. The second-order valence-corrected chi connectivity index (χ2v) is 11.8. The van der Waals surface area contributed by atoms with Gasteiger partial charge in [0.25, 0.3) is 21.6 Å². The summed E-state index contributed by atoms with van der Waals surface area (Å²) in [5.74, 6) is -0.536. The highest BCUT2D eigenvalue weighted by Gasteiger charge is 2.29. The Kier molecular flexibility index (Phi) is 9.12. The molecule has 0 radical (unpaired) electrons. The minimum absolute atomic E-state index is 0.00324. The minimum Gasteiger partial charge on any atom is -0.449 e. The van der Waals surface area contributed by atoms with Crippen molar-refractivity contribution in [3.63, 3.8) is 0 Å². The number of hydrogen-bond acceptors (Lipinski definition) is 7. The number of carbonyl (C=O) groups is 2. The number of hydrogen-bond donors (Lipinski definition) is 3. The van der Waals surface area contributed by atoms with Crippen LogP contribution in [0.2, 0.25) is 0 Å². The van der Waals surface area contributed by atoms with Gasteiger partial charge in [-0.15, -0.1) is 11.6 Å². The molecule has 11 nitrogen and oxygen atoms in total. The third-order valence-electron chi connectivity index (χ3n) is 7.09. The van der Waals surface area contributed by atoms with Gasteiger partial charge in [-0.1, -0.05) is 60.7 Å². The summed E-state index contributed by atoms with van der Waals surface area (Å²) in [4.78, 5) is 35.3. The molecule has 0 atom stereocenters. The Balaban J connectivity index is 1.14. The lowest BCUT2D eigenvalue weighted by Gasteiger charge is -2.14. The number of alkyl halides is 1. The number of alkyl carbamates (subject to hydrolysis) is 1. The average molecular weight is 635 g/mol. The molecule has 13 heteroatoms. The number of nitro benzene ring substituents is 1. The zero-order chi connectivity index (χ0) is 31.3. The maximum absolute atomic E-state index is 12.9. The molecule has 5 rings (SSSR count). The lowest BCUT2D eigenvalue weighted by Crippen LogP contribution is -2.35. The Morgan fingerprint density at radius 2 is 1.48 bits per heavy atom. The van der Waals surface area contributed by atoms with E-state index in [0.29, 0.717) is 0 Å². The van der Waals surface area contributed by atoms with Crippen LogP contribution in [0.4, 0.5) is 16.2 Å². The number of anilines is 1. The first kappa shape index (κ1) is 30.5. The van der Waals surface area contributed by atoms with Crippen LogP contribution in [-0.2, 0) is 20.6 Å². The number of carbonyl (C=O) groups excluding carboxylic acids is 2. The molecule has 1 aliphatic rings. The smallest absolute Gasteiger partial charge is 0.407 e. The van der Waals surface area contributed by atoms with Gasteiger partial charge in [0, 0.05) is 42.2 Å². The van der Waals surface area contributed by atoms with Crippen molar-refractivity contribution in [2.24, 2.45) is 0 Å². The molecule has 0 aliphatic heterocycles. The second kappa shape index (κ2) is 13.1. The average Bonchev–Trinajstić information content (AvgIpc) is 3.35. The van der Waals surface area contributed by atoms with Crippen LogP contribution in [0.1, 0.15) is 33.0 Å². The summed E-state index contributed by atoms with van der Waals surface area (Å²) in [6.07, 6.45) is -0.656. The number of fused-ring (bicyclic) bond motifs is 3. The van der Waals surface area contributed by atoms with Gasteiger partial charge < -0.3 is 15.4 Å². The summed E-state index contributed by atoms with van der Waals surface area (Å²) in [5, 5.41) is 16.8. The Bertz CT molecular complexity index is 1790. The summed E-state index contributed by atoms with van der Waals surface area (Å²) in [6.45, 7) is 0.166. The van der Waals surface area contributed by atoms with Gasteiger partial charge >= 0.3 is 6.09 Å². The maximum Gasteiger partial charge on any atom is 0.407 e. The predicted octanol–water partition coefficient (Wildman–Crippen LogP) is 5.40. The number of sulfonamides is 1. The number of nitrogens with one attached hydrogen (secondary N) is 3. The Morgan fingerprint density at radius 3 is 2.09 bits per heavy atom. The summed E-state index contributed by atoms with van der Waals surface area (Å²) < 4.78 is 33.6. The van der Waals surface area contributed by atoms with Crippen LogP contribution in [0.25, 0.3) is 11.1 Å². The molecule has 0 fully saturated rings. The fraction of sp³-hybridized carbons (Fsp3) is 0.161.